The second-order valence-electron chi connectivity index (χ2n) is 8.14. The fourth-order valence-corrected chi connectivity index (χ4v) is 8.36. The fraction of sp³-hybridized carbons (Fsp3) is 0.789. The first-order chi connectivity index (χ1) is 12.1. The molecule has 148 valence electrons. The summed E-state index contributed by atoms with van der Waals surface area (Å²) >= 11 is 0. The molecule has 26 heavy (non-hydrogen) atoms. The molecule has 0 saturated heterocycles. The lowest BCUT2D eigenvalue weighted by Crippen LogP contribution is -2.53. The molecule has 7 heteroatoms. The van der Waals surface area contributed by atoms with Crippen LogP contribution in [0.3, 0.4) is 0 Å². The Balaban J connectivity index is 1.97. The second kappa shape index (κ2) is 6.85. The van der Waals surface area contributed by atoms with Crippen LogP contribution in [0.1, 0.15) is 40.5 Å². The molecule has 0 radical (unpaired) electrons. The van der Waals surface area contributed by atoms with Crippen molar-refractivity contribution in [3.8, 4) is 0 Å². The van der Waals surface area contributed by atoms with E-state index in [1.807, 2.05) is 6.08 Å². The summed E-state index contributed by atoms with van der Waals surface area (Å²) in [7, 11) is -5.42. The monoisotopic (exact) mass is 400 g/mol. The molecule has 0 heterocycles. The van der Waals surface area contributed by atoms with Crippen LogP contribution in [0.4, 0.5) is 0 Å². The average Bonchev–Trinajstić information content (AvgIpc) is 3.28. The Labute approximate surface area is 158 Å². The summed E-state index contributed by atoms with van der Waals surface area (Å²) < 4.78 is 35.4. The third kappa shape index (κ3) is 3.26. The van der Waals surface area contributed by atoms with Gasteiger partial charge in [-0.2, -0.15) is 8.42 Å². The van der Waals surface area contributed by atoms with Crippen LogP contribution in [0.15, 0.2) is 23.3 Å². The van der Waals surface area contributed by atoms with Gasteiger partial charge in [-0.3, -0.25) is 4.18 Å². The summed E-state index contributed by atoms with van der Waals surface area (Å²) in [4.78, 5) is 0. The third-order valence-corrected chi connectivity index (χ3v) is 12.1. The van der Waals surface area contributed by atoms with Crippen molar-refractivity contribution >= 4 is 18.4 Å². The number of hydrogen-bond acceptors (Lipinski definition) is 5. The minimum atomic E-state index is -3.56. The average molecular weight is 401 g/mol. The van der Waals surface area contributed by atoms with Crippen LogP contribution in [0.25, 0.3) is 0 Å². The van der Waals surface area contributed by atoms with Crippen molar-refractivity contribution in [2.75, 3.05) is 6.26 Å². The maximum Gasteiger partial charge on any atom is 0.265 e. The van der Waals surface area contributed by atoms with Gasteiger partial charge in [-0.15, -0.1) is 0 Å². The first-order valence-corrected chi connectivity index (χ1v) is 14.1. The van der Waals surface area contributed by atoms with Crippen molar-refractivity contribution < 1.29 is 22.1 Å². The molecular formula is C19H32O5SSi. The SMILES string of the molecule is CC[Si](CC)(CC)O[C@@H]1[C@H](O)[C@@H]2C=CC(OS(C)(=O)=O)C2=C(C)C12CC2. The van der Waals surface area contributed by atoms with Crippen molar-refractivity contribution in [3.05, 3.63) is 23.3 Å². The maximum atomic E-state index is 11.6. The first-order valence-electron chi connectivity index (χ1n) is 9.76. The molecule has 0 aliphatic heterocycles. The van der Waals surface area contributed by atoms with Gasteiger partial charge < -0.3 is 9.53 Å². The highest BCUT2D eigenvalue weighted by Crippen LogP contribution is 2.63. The summed E-state index contributed by atoms with van der Waals surface area (Å²) in [5.74, 6) is -0.213. The van der Waals surface area contributed by atoms with Gasteiger partial charge in [-0.05, 0) is 43.5 Å². The quantitative estimate of drug-likeness (QED) is 0.403. The predicted octanol–water partition coefficient (Wildman–Crippen LogP) is 3.38. The van der Waals surface area contributed by atoms with E-state index in [9.17, 15) is 13.5 Å². The van der Waals surface area contributed by atoms with Crippen LogP contribution in [0.5, 0.6) is 0 Å². The van der Waals surface area contributed by atoms with Gasteiger partial charge in [-0.25, -0.2) is 0 Å². The Morgan fingerprint density at radius 1 is 1.19 bits per heavy atom. The van der Waals surface area contributed by atoms with Crippen molar-refractivity contribution in [1.82, 2.24) is 0 Å². The second-order valence-corrected chi connectivity index (χ2v) is 14.5. The zero-order valence-corrected chi connectivity index (χ0v) is 18.3. The molecule has 0 aromatic heterocycles. The van der Waals surface area contributed by atoms with E-state index in [4.69, 9.17) is 8.61 Å². The molecule has 0 aromatic rings. The molecule has 3 aliphatic carbocycles. The Kier molecular flexibility index (Phi) is 5.34. The third-order valence-electron chi connectivity index (χ3n) is 6.94. The Hall–Kier alpha value is -0.473. The van der Waals surface area contributed by atoms with Crippen LogP contribution < -0.4 is 0 Å². The summed E-state index contributed by atoms with van der Waals surface area (Å²) in [6.07, 6.45) is 5.31. The highest BCUT2D eigenvalue weighted by molar-refractivity contribution is 7.86. The number of fused-ring (bicyclic) bond motifs is 1. The molecule has 1 N–H and O–H groups in total. The standard InChI is InChI=1S/C19H32O5SSi/c1-6-26(7-2,8-3)24-18-17(20)14-9-10-15(23-25(5,21)22)16(14)13(4)19(18)11-12-19/h9-10,14-15,17-18,20H,6-8,11-12H2,1-5H3/t14-,15?,17-,18-/m1/s1. The number of rotatable bonds is 7. The Morgan fingerprint density at radius 3 is 2.23 bits per heavy atom. The van der Waals surface area contributed by atoms with E-state index in [1.165, 1.54) is 5.57 Å². The topological polar surface area (TPSA) is 72.8 Å². The van der Waals surface area contributed by atoms with E-state index in [0.717, 1.165) is 42.8 Å². The van der Waals surface area contributed by atoms with E-state index in [2.05, 4.69) is 27.7 Å². The molecule has 0 amide bonds. The van der Waals surface area contributed by atoms with Gasteiger partial charge in [0.25, 0.3) is 10.1 Å². The molecule has 1 spiro atoms. The number of aliphatic hydroxyl groups excluding tert-OH is 1. The zero-order chi connectivity index (χ0) is 19.3. The molecule has 1 saturated carbocycles. The van der Waals surface area contributed by atoms with Gasteiger partial charge in [-0.1, -0.05) is 38.5 Å². The smallest absolute Gasteiger partial charge is 0.265 e. The van der Waals surface area contributed by atoms with E-state index < -0.39 is 30.6 Å². The summed E-state index contributed by atoms with van der Waals surface area (Å²) in [5, 5.41) is 11.2. The van der Waals surface area contributed by atoms with Crippen LogP contribution in [0.2, 0.25) is 18.1 Å². The Bertz CT molecular complexity index is 710. The number of aliphatic hydroxyl groups is 1. The summed E-state index contributed by atoms with van der Waals surface area (Å²) in [5.41, 5.74) is 1.95. The van der Waals surface area contributed by atoms with Crippen LogP contribution in [-0.4, -0.2) is 46.4 Å². The van der Waals surface area contributed by atoms with E-state index in [1.54, 1.807) is 6.08 Å². The van der Waals surface area contributed by atoms with Gasteiger partial charge >= 0.3 is 0 Å². The molecule has 1 unspecified atom stereocenters. The molecule has 3 aliphatic rings. The van der Waals surface area contributed by atoms with Crippen LogP contribution >= 0.6 is 0 Å². The highest BCUT2D eigenvalue weighted by Gasteiger charge is 2.61. The van der Waals surface area contributed by atoms with Crippen molar-refractivity contribution in [2.24, 2.45) is 11.3 Å². The van der Waals surface area contributed by atoms with E-state index in [-0.39, 0.29) is 17.4 Å². The van der Waals surface area contributed by atoms with Crippen molar-refractivity contribution in [3.63, 3.8) is 0 Å². The first kappa shape index (κ1) is 20.3. The normalized spacial score (nSPS) is 33.0. The van der Waals surface area contributed by atoms with Crippen molar-refractivity contribution in [1.29, 1.82) is 0 Å². The maximum absolute atomic E-state index is 11.6. The minimum Gasteiger partial charge on any atom is -0.410 e. The summed E-state index contributed by atoms with van der Waals surface area (Å²) in [6.45, 7) is 8.69. The molecule has 0 aromatic carbocycles. The fourth-order valence-electron chi connectivity index (χ4n) is 4.91. The van der Waals surface area contributed by atoms with Gasteiger partial charge in [0.2, 0.25) is 0 Å². The van der Waals surface area contributed by atoms with Gasteiger partial charge in [0, 0.05) is 11.3 Å². The zero-order valence-electron chi connectivity index (χ0n) is 16.5. The molecule has 4 atom stereocenters. The molecule has 3 rings (SSSR count). The predicted molar refractivity (Wildman–Crippen MR) is 105 cm³/mol. The lowest BCUT2D eigenvalue weighted by molar-refractivity contribution is -0.0323. The molecule has 0 bridgehead atoms. The van der Waals surface area contributed by atoms with Gasteiger partial charge in [0.1, 0.15) is 6.10 Å². The largest absolute Gasteiger partial charge is 0.410 e. The highest BCUT2D eigenvalue weighted by atomic mass is 32.2. The number of hydrogen-bond donors (Lipinski definition) is 1. The molecule has 1 fully saturated rings. The van der Waals surface area contributed by atoms with Crippen LogP contribution in [0, 0.1) is 11.3 Å². The van der Waals surface area contributed by atoms with Gasteiger partial charge in [0.05, 0.1) is 18.5 Å². The molecular weight excluding hydrogens is 368 g/mol. The minimum absolute atomic E-state index is 0.145. The van der Waals surface area contributed by atoms with E-state index in [0.29, 0.717) is 0 Å². The van der Waals surface area contributed by atoms with Crippen molar-refractivity contribution in [2.45, 2.75) is 77.0 Å². The van der Waals surface area contributed by atoms with E-state index >= 15 is 0 Å². The molecule has 5 nitrogen and oxygen atoms in total. The lowest BCUT2D eigenvalue weighted by Gasteiger charge is -2.46. The Morgan fingerprint density at radius 2 is 1.77 bits per heavy atom. The lowest BCUT2D eigenvalue weighted by atomic mass is 9.72. The van der Waals surface area contributed by atoms with Gasteiger partial charge in [0.15, 0.2) is 8.32 Å². The van der Waals surface area contributed by atoms with Crippen LogP contribution in [-0.2, 0) is 18.7 Å². The summed E-state index contributed by atoms with van der Waals surface area (Å²) in [6, 6.07) is 3.15.